The molecule has 1 aliphatic rings. The van der Waals surface area contributed by atoms with Gasteiger partial charge in [0, 0.05) is 6.42 Å². The van der Waals surface area contributed by atoms with E-state index in [4.69, 9.17) is 9.16 Å². The van der Waals surface area contributed by atoms with Crippen LogP contribution in [0.5, 0.6) is 5.75 Å². The molecule has 1 aliphatic heterocycles. The fraction of sp³-hybridized carbons (Fsp3) is 0.462. The van der Waals surface area contributed by atoms with Gasteiger partial charge in [-0.25, -0.2) is 4.79 Å². The Bertz CT molecular complexity index is 431. The average Bonchev–Trinajstić information content (AvgIpc) is 2.28. The molecule has 4 nitrogen and oxygen atoms in total. The first-order valence-electron chi connectivity index (χ1n) is 6.16. The second-order valence-electron chi connectivity index (χ2n) is 5.40. The van der Waals surface area contributed by atoms with Crippen LogP contribution in [-0.2, 0) is 4.74 Å². The van der Waals surface area contributed by atoms with E-state index in [9.17, 15) is 4.79 Å². The first-order chi connectivity index (χ1) is 8.44. The van der Waals surface area contributed by atoms with Crippen molar-refractivity contribution in [2.75, 3.05) is 6.61 Å². The van der Waals surface area contributed by atoms with E-state index in [0.717, 1.165) is 17.7 Å². The molecular weight excluding hydrogens is 282 g/mol. The van der Waals surface area contributed by atoms with Crippen molar-refractivity contribution >= 4 is 26.8 Å². The summed E-state index contributed by atoms with van der Waals surface area (Å²) >= 11 is 0. The van der Waals surface area contributed by atoms with Gasteiger partial charge >= 0.3 is 6.09 Å². The summed E-state index contributed by atoms with van der Waals surface area (Å²) in [5, 5.41) is 2.81. The molecule has 106 valence electrons. The van der Waals surface area contributed by atoms with Crippen molar-refractivity contribution in [2.24, 2.45) is 0 Å². The number of carbonyl (C=O) groups excluding carboxylic acids is 1. The second-order valence-corrected chi connectivity index (χ2v) is 9.83. The van der Waals surface area contributed by atoms with Gasteiger partial charge in [0.05, 0.1) is 12.6 Å². The zero-order chi connectivity index (χ0) is 13.2. The van der Waals surface area contributed by atoms with Crippen molar-refractivity contribution in [1.29, 1.82) is 0 Å². The lowest BCUT2D eigenvalue weighted by Crippen LogP contribution is -2.35. The van der Waals surface area contributed by atoms with E-state index in [-0.39, 0.29) is 24.5 Å². The Kier molecular flexibility index (Phi) is 5.26. The maximum atomic E-state index is 11.1. The highest BCUT2D eigenvalue weighted by Crippen LogP contribution is 2.23. The largest absolute Gasteiger partial charge is 0.544 e. The van der Waals surface area contributed by atoms with Gasteiger partial charge < -0.3 is 14.5 Å². The highest BCUT2D eigenvalue weighted by atomic mass is 35.5. The monoisotopic (exact) mass is 301 g/mol. The Labute approximate surface area is 121 Å². The molecule has 1 aromatic carbocycles. The third-order valence-corrected chi connectivity index (χ3v) is 3.49. The van der Waals surface area contributed by atoms with E-state index in [1.807, 2.05) is 24.3 Å². The van der Waals surface area contributed by atoms with Crippen LogP contribution in [0.25, 0.3) is 0 Å². The molecule has 1 heterocycles. The Hall–Kier alpha value is -1.20. The highest BCUT2D eigenvalue weighted by Gasteiger charge is 2.21. The van der Waals surface area contributed by atoms with Crippen molar-refractivity contribution in [3.8, 4) is 5.75 Å². The van der Waals surface area contributed by atoms with E-state index in [1.165, 1.54) is 0 Å². The lowest BCUT2D eigenvalue weighted by atomic mass is 10.0. The molecule has 0 unspecified atom stereocenters. The molecular formula is C13H20ClNO3Si. The van der Waals surface area contributed by atoms with Crippen LogP contribution in [-0.4, -0.2) is 21.0 Å². The summed E-state index contributed by atoms with van der Waals surface area (Å²) < 4.78 is 10.7. The van der Waals surface area contributed by atoms with Crippen LogP contribution in [0.2, 0.25) is 19.6 Å². The normalized spacial score (nSPS) is 18.9. The Morgan fingerprint density at radius 1 is 1.26 bits per heavy atom. The molecule has 0 saturated carbocycles. The van der Waals surface area contributed by atoms with Gasteiger partial charge in [0.25, 0.3) is 0 Å². The van der Waals surface area contributed by atoms with Crippen molar-refractivity contribution in [1.82, 2.24) is 5.32 Å². The summed E-state index contributed by atoms with van der Waals surface area (Å²) in [5.74, 6) is 0.899. The zero-order valence-corrected chi connectivity index (χ0v) is 13.3. The lowest BCUT2D eigenvalue weighted by Gasteiger charge is -2.24. The van der Waals surface area contributed by atoms with Crippen LogP contribution < -0.4 is 9.74 Å². The Balaban J connectivity index is 0.00000180. The molecule has 0 aromatic heterocycles. The molecule has 1 atom stereocenters. The van der Waals surface area contributed by atoms with Crippen LogP contribution in [0.15, 0.2) is 24.3 Å². The fourth-order valence-corrected chi connectivity index (χ4v) is 2.74. The summed E-state index contributed by atoms with van der Waals surface area (Å²) in [6.45, 7) is 6.93. The minimum Gasteiger partial charge on any atom is -0.544 e. The van der Waals surface area contributed by atoms with Gasteiger partial charge in [0.2, 0.25) is 8.32 Å². The number of benzene rings is 1. The van der Waals surface area contributed by atoms with Crippen LogP contribution in [0.1, 0.15) is 18.0 Å². The van der Waals surface area contributed by atoms with Crippen LogP contribution >= 0.6 is 12.4 Å². The molecule has 1 aromatic rings. The number of nitrogens with one attached hydrogen (secondary N) is 1. The van der Waals surface area contributed by atoms with Crippen molar-refractivity contribution in [3.05, 3.63) is 29.8 Å². The molecule has 19 heavy (non-hydrogen) atoms. The van der Waals surface area contributed by atoms with E-state index in [2.05, 4.69) is 25.0 Å². The highest BCUT2D eigenvalue weighted by molar-refractivity contribution is 6.70. The van der Waals surface area contributed by atoms with E-state index >= 15 is 0 Å². The van der Waals surface area contributed by atoms with Gasteiger partial charge in [-0.05, 0) is 37.3 Å². The summed E-state index contributed by atoms with van der Waals surface area (Å²) in [6.07, 6.45) is 0.466. The standard InChI is InChI=1S/C13H19NO3Si.ClH/c1-18(2,3)17-11-6-4-10(5-7-11)12-8-9-16-13(15)14-12;/h4-7,12H,8-9H2,1-3H3,(H,14,15);1H/t12-;/m0./s1. The van der Waals surface area contributed by atoms with E-state index < -0.39 is 8.32 Å². The number of halogens is 1. The smallest absolute Gasteiger partial charge is 0.407 e. The van der Waals surface area contributed by atoms with Gasteiger partial charge in [-0.15, -0.1) is 12.4 Å². The number of hydrogen-bond acceptors (Lipinski definition) is 3. The molecule has 2 rings (SSSR count). The maximum absolute atomic E-state index is 11.1. The number of rotatable bonds is 3. The third-order valence-electron chi connectivity index (χ3n) is 2.64. The number of cyclic esters (lactones) is 1. The maximum Gasteiger partial charge on any atom is 0.407 e. The van der Waals surface area contributed by atoms with E-state index in [1.54, 1.807) is 0 Å². The van der Waals surface area contributed by atoms with Crippen LogP contribution in [0, 0.1) is 0 Å². The lowest BCUT2D eigenvalue weighted by molar-refractivity contribution is 0.115. The Morgan fingerprint density at radius 3 is 2.42 bits per heavy atom. The van der Waals surface area contributed by atoms with Crippen LogP contribution in [0.3, 0.4) is 0 Å². The molecule has 6 heteroatoms. The number of carbonyl (C=O) groups is 1. The molecule has 0 spiro atoms. The number of ether oxygens (including phenoxy) is 1. The van der Waals surface area contributed by atoms with Crippen molar-refractivity contribution in [3.63, 3.8) is 0 Å². The van der Waals surface area contributed by atoms with E-state index in [0.29, 0.717) is 6.61 Å². The average molecular weight is 302 g/mol. The molecule has 1 amide bonds. The van der Waals surface area contributed by atoms with Crippen LogP contribution in [0.4, 0.5) is 4.79 Å². The minimum absolute atomic E-state index is 0. The van der Waals surface area contributed by atoms with Gasteiger partial charge in [-0.2, -0.15) is 0 Å². The first kappa shape index (κ1) is 15.9. The first-order valence-corrected chi connectivity index (χ1v) is 9.57. The zero-order valence-electron chi connectivity index (χ0n) is 11.4. The quantitative estimate of drug-likeness (QED) is 0.869. The number of alkyl carbamates (subject to hydrolysis) is 1. The SMILES string of the molecule is C[Si](C)(C)Oc1ccc([C@@H]2CCOC(=O)N2)cc1.Cl. The summed E-state index contributed by atoms with van der Waals surface area (Å²) in [7, 11) is -1.56. The van der Waals surface area contributed by atoms with Gasteiger partial charge in [0.15, 0.2) is 0 Å². The van der Waals surface area contributed by atoms with Crippen molar-refractivity contribution in [2.45, 2.75) is 32.1 Å². The molecule has 1 saturated heterocycles. The topological polar surface area (TPSA) is 47.6 Å². The summed E-state index contributed by atoms with van der Waals surface area (Å²) in [4.78, 5) is 11.1. The fourth-order valence-electron chi connectivity index (χ4n) is 1.90. The van der Waals surface area contributed by atoms with Crippen molar-refractivity contribution < 1.29 is 14.0 Å². The summed E-state index contributed by atoms with van der Waals surface area (Å²) in [5.41, 5.74) is 1.09. The molecule has 1 N–H and O–H groups in total. The molecule has 1 fully saturated rings. The minimum atomic E-state index is -1.56. The predicted octanol–water partition coefficient (Wildman–Crippen LogP) is 3.49. The van der Waals surface area contributed by atoms with Gasteiger partial charge in [0.1, 0.15) is 5.75 Å². The molecule has 0 aliphatic carbocycles. The van der Waals surface area contributed by atoms with Gasteiger partial charge in [-0.3, -0.25) is 0 Å². The number of amides is 1. The van der Waals surface area contributed by atoms with Gasteiger partial charge in [-0.1, -0.05) is 12.1 Å². The second kappa shape index (κ2) is 6.30. The predicted molar refractivity (Wildman–Crippen MR) is 79.5 cm³/mol. The number of hydrogen-bond donors (Lipinski definition) is 1. The summed E-state index contributed by atoms with van der Waals surface area (Å²) in [6, 6.07) is 7.99. The molecule has 0 bridgehead atoms. The third kappa shape index (κ3) is 4.76. The molecule has 0 radical (unpaired) electrons. The Morgan fingerprint density at radius 2 is 1.89 bits per heavy atom.